The third kappa shape index (κ3) is 2.86. The summed E-state index contributed by atoms with van der Waals surface area (Å²) in [6.45, 7) is 0. The molecule has 3 N–H and O–H groups in total. The zero-order chi connectivity index (χ0) is 11.5. The maximum Gasteiger partial charge on any atom is 0.124 e. The van der Waals surface area contributed by atoms with E-state index in [4.69, 9.17) is 17.3 Å². The highest BCUT2D eigenvalue weighted by Crippen LogP contribution is 2.26. The normalized spacial score (nSPS) is 25.4. The third-order valence-electron chi connectivity index (χ3n) is 3.01. The van der Waals surface area contributed by atoms with Crippen molar-refractivity contribution in [3.05, 3.63) is 29.0 Å². The molecule has 0 saturated heterocycles. The Balaban J connectivity index is 2.02. The van der Waals surface area contributed by atoms with Gasteiger partial charge in [-0.15, -0.1) is 0 Å². The number of halogens is 2. The van der Waals surface area contributed by atoms with Gasteiger partial charge < -0.3 is 11.1 Å². The second-order valence-corrected chi connectivity index (χ2v) is 4.80. The van der Waals surface area contributed by atoms with Gasteiger partial charge in [0.05, 0.1) is 10.7 Å². The number of nitrogens with two attached hydrogens (primary N) is 1. The average Bonchev–Trinajstić information content (AvgIpc) is 2.22. The van der Waals surface area contributed by atoms with Crippen molar-refractivity contribution in [3.63, 3.8) is 0 Å². The number of anilines is 1. The zero-order valence-corrected chi connectivity index (χ0v) is 9.80. The van der Waals surface area contributed by atoms with Crippen LogP contribution in [0, 0.1) is 5.82 Å². The first kappa shape index (κ1) is 11.7. The third-order valence-corrected chi connectivity index (χ3v) is 3.32. The van der Waals surface area contributed by atoms with Gasteiger partial charge in [0.2, 0.25) is 0 Å². The van der Waals surface area contributed by atoms with Crippen molar-refractivity contribution in [2.45, 2.75) is 37.8 Å². The van der Waals surface area contributed by atoms with Crippen LogP contribution in [-0.4, -0.2) is 12.1 Å². The Kier molecular flexibility index (Phi) is 3.66. The molecule has 1 aliphatic rings. The summed E-state index contributed by atoms with van der Waals surface area (Å²) in [7, 11) is 0. The molecule has 0 bridgehead atoms. The molecule has 2 atom stereocenters. The minimum absolute atomic E-state index is 0.269. The van der Waals surface area contributed by atoms with Crippen LogP contribution in [0.2, 0.25) is 5.02 Å². The largest absolute Gasteiger partial charge is 0.381 e. The van der Waals surface area contributed by atoms with E-state index in [0.29, 0.717) is 11.1 Å². The SMILES string of the molecule is NC1CCCC(Nc2ccc(F)cc2Cl)C1. The molecule has 0 aromatic heterocycles. The van der Waals surface area contributed by atoms with Crippen LogP contribution in [0.1, 0.15) is 25.7 Å². The lowest BCUT2D eigenvalue weighted by Crippen LogP contribution is -2.34. The summed E-state index contributed by atoms with van der Waals surface area (Å²) in [4.78, 5) is 0. The summed E-state index contributed by atoms with van der Waals surface area (Å²) in [6, 6.07) is 5.04. The quantitative estimate of drug-likeness (QED) is 0.836. The predicted octanol–water partition coefficient (Wildman–Crippen LogP) is 3.16. The van der Waals surface area contributed by atoms with Crippen LogP contribution in [-0.2, 0) is 0 Å². The number of rotatable bonds is 2. The van der Waals surface area contributed by atoms with E-state index in [1.54, 1.807) is 6.07 Å². The number of nitrogens with one attached hydrogen (secondary N) is 1. The Morgan fingerprint density at radius 1 is 1.38 bits per heavy atom. The first-order chi connectivity index (χ1) is 7.65. The smallest absolute Gasteiger partial charge is 0.124 e. The van der Waals surface area contributed by atoms with Crippen LogP contribution in [0.3, 0.4) is 0 Å². The van der Waals surface area contributed by atoms with E-state index >= 15 is 0 Å². The van der Waals surface area contributed by atoms with Crippen molar-refractivity contribution in [2.24, 2.45) is 5.73 Å². The van der Waals surface area contributed by atoms with E-state index < -0.39 is 0 Å². The second-order valence-electron chi connectivity index (χ2n) is 4.39. The standard InChI is InChI=1S/C12H16ClFN2/c13-11-6-8(14)4-5-12(11)16-10-3-1-2-9(15)7-10/h4-6,9-10,16H,1-3,7,15H2. The second kappa shape index (κ2) is 5.02. The topological polar surface area (TPSA) is 38.0 Å². The maximum atomic E-state index is 12.9. The Morgan fingerprint density at radius 2 is 2.19 bits per heavy atom. The molecule has 88 valence electrons. The lowest BCUT2D eigenvalue weighted by Gasteiger charge is -2.28. The van der Waals surface area contributed by atoms with E-state index in [9.17, 15) is 4.39 Å². The highest BCUT2D eigenvalue weighted by Gasteiger charge is 2.19. The highest BCUT2D eigenvalue weighted by atomic mass is 35.5. The molecular weight excluding hydrogens is 227 g/mol. The molecule has 4 heteroatoms. The van der Waals surface area contributed by atoms with E-state index in [0.717, 1.165) is 31.4 Å². The van der Waals surface area contributed by atoms with Crippen molar-refractivity contribution >= 4 is 17.3 Å². The van der Waals surface area contributed by atoms with Crippen molar-refractivity contribution in [1.82, 2.24) is 0 Å². The molecule has 0 heterocycles. The molecular formula is C12H16ClFN2. The summed E-state index contributed by atoms with van der Waals surface area (Å²) >= 11 is 5.95. The van der Waals surface area contributed by atoms with Gasteiger partial charge in [-0.2, -0.15) is 0 Å². The van der Waals surface area contributed by atoms with Gasteiger partial charge in [-0.25, -0.2) is 4.39 Å². The van der Waals surface area contributed by atoms with E-state index in [1.165, 1.54) is 12.1 Å². The molecule has 2 rings (SSSR count). The van der Waals surface area contributed by atoms with Crippen molar-refractivity contribution in [3.8, 4) is 0 Å². The van der Waals surface area contributed by atoms with Crippen LogP contribution in [0.4, 0.5) is 10.1 Å². The molecule has 2 unspecified atom stereocenters. The molecule has 1 saturated carbocycles. The summed E-state index contributed by atoms with van der Waals surface area (Å²) in [5.74, 6) is -0.309. The van der Waals surface area contributed by atoms with Crippen LogP contribution in [0.5, 0.6) is 0 Å². The Hall–Kier alpha value is -0.800. The number of hydrogen-bond acceptors (Lipinski definition) is 2. The van der Waals surface area contributed by atoms with Crippen LogP contribution in [0.15, 0.2) is 18.2 Å². The molecule has 1 aliphatic carbocycles. The zero-order valence-electron chi connectivity index (χ0n) is 9.05. The Bertz CT molecular complexity index is 370. The fourth-order valence-corrected chi connectivity index (χ4v) is 2.41. The summed E-state index contributed by atoms with van der Waals surface area (Å²) in [6.07, 6.45) is 4.28. The molecule has 2 nitrogen and oxygen atoms in total. The fraction of sp³-hybridized carbons (Fsp3) is 0.500. The lowest BCUT2D eigenvalue weighted by molar-refractivity contribution is 0.409. The van der Waals surface area contributed by atoms with Gasteiger partial charge in [-0.05, 0) is 43.9 Å². The first-order valence-corrected chi connectivity index (χ1v) is 6.00. The van der Waals surface area contributed by atoms with Gasteiger partial charge >= 0.3 is 0 Å². The van der Waals surface area contributed by atoms with E-state index in [2.05, 4.69) is 5.32 Å². The predicted molar refractivity (Wildman–Crippen MR) is 65.3 cm³/mol. The molecule has 0 amide bonds. The van der Waals surface area contributed by atoms with Gasteiger partial charge in [0.1, 0.15) is 5.82 Å². The van der Waals surface area contributed by atoms with Gasteiger partial charge in [0, 0.05) is 12.1 Å². The average molecular weight is 243 g/mol. The monoisotopic (exact) mass is 242 g/mol. The summed E-state index contributed by atoms with van der Waals surface area (Å²) in [5.41, 5.74) is 6.70. The molecule has 0 radical (unpaired) electrons. The van der Waals surface area contributed by atoms with Gasteiger partial charge in [-0.3, -0.25) is 0 Å². The van der Waals surface area contributed by atoms with Crippen LogP contribution in [0.25, 0.3) is 0 Å². The summed E-state index contributed by atoms with van der Waals surface area (Å²) < 4.78 is 12.9. The lowest BCUT2D eigenvalue weighted by atomic mass is 9.91. The van der Waals surface area contributed by atoms with Crippen molar-refractivity contribution < 1.29 is 4.39 Å². The number of benzene rings is 1. The molecule has 1 fully saturated rings. The molecule has 16 heavy (non-hydrogen) atoms. The molecule has 0 spiro atoms. The van der Waals surface area contributed by atoms with Crippen molar-refractivity contribution in [2.75, 3.05) is 5.32 Å². The minimum Gasteiger partial charge on any atom is -0.381 e. The van der Waals surface area contributed by atoms with Crippen molar-refractivity contribution in [1.29, 1.82) is 0 Å². The van der Waals surface area contributed by atoms with Gasteiger partial charge in [0.25, 0.3) is 0 Å². The highest BCUT2D eigenvalue weighted by molar-refractivity contribution is 6.33. The molecule has 1 aromatic carbocycles. The minimum atomic E-state index is -0.309. The Morgan fingerprint density at radius 3 is 2.88 bits per heavy atom. The van der Waals surface area contributed by atoms with Crippen LogP contribution >= 0.6 is 11.6 Å². The van der Waals surface area contributed by atoms with Gasteiger partial charge in [-0.1, -0.05) is 11.6 Å². The molecule has 0 aliphatic heterocycles. The fourth-order valence-electron chi connectivity index (χ4n) is 2.19. The van der Waals surface area contributed by atoms with E-state index in [-0.39, 0.29) is 11.9 Å². The van der Waals surface area contributed by atoms with E-state index in [1.807, 2.05) is 0 Å². The van der Waals surface area contributed by atoms with Crippen LogP contribution < -0.4 is 11.1 Å². The number of hydrogen-bond donors (Lipinski definition) is 2. The Labute approximate surface area is 100.0 Å². The molecule has 1 aromatic rings. The summed E-state index contributed by atoms with van der Waals surface area (Å²) in [5, 5.41) is 3.76. The maximum absolute atomic E-state index is 12.9. The van der Waals surface area contributed by atoms with Gasteiger partial charge in [0.15, 0.2) is 0 Å². The first-order valence-electron chi connectivity index (χ1n) is 5.62.